The van der Waals surface area contributed by atoms with Crippen molar-refractivity contribution in [1.29, 1.82) is 0 Å². The second-order valence-electron chi connectivity index (χ2n) is 8.15. The van der Waals surface area contributed by atoms with Crippen LogP contribution in [0.2, 0.25) is 0 Å². The summed E-state index contributed by atoms with van der Waals surface area (Å²) in [5.74, 6) is -0.513. The maximum atomic E-state index is 13.1. The van der Waals surface area contributed by atoms with Gasteiger partial charge < -0.3 is 9.64 Å². The highest BCUT2D eigenvalue weighted by molar-refractivity contribution is 5.84. The van der Waals surface area contributed by atoms with Crippen molar-refractivity contribution < 1.29 is 27.5 Å². The van der Waals surface area contributed by atoms with Crippen LogP contribution in [-0.4, -0.2) is 39.7 Å². The molecule has 1 aromatic carbocycles. The first kappa shape index (κ1) is 25.4. The van der Waals surface area contributed by atoms with E-state index in [2.05, 4.69) is 18.9 Å². The summed E-state index contributed by atoms with van der Waals surface area (Å²) in [4.78, 5) is 26.5. The number of carbonyl (C=O) groups excluding carboxylic acids is 2. The number of aryl methyl sites for hydroxylation is 1. The molecule has 2 rings (SSSR count). The summed E-state index contributed by atoms with van der Waals surface area (Å²) in [5, 5.41) is 4.52. The first-order valence-corrected chi connectivity index (χ1v) is 10.5. The molecule has 0 N–H and O–H groups in total. The fourth-order valence-corrected chi connectivity index (χ4v) is 3.39. The van der Waals surface area contributed by atoms with Gasteiger partial charge >= 0.3 is 12.1 Å². The maximum absolute atomic E-state index is 13.1. The lowest BCUT2D eigenvalue weighted by molar-refractivity contribution is -0.149. The van der Waals surface area contributed by atoms with Gasteiger partial charge in [0.25, 0.3) is 0 Å². The van der Waals surface area contributed by atoms with Crippen molar-refractivity contribution in [2.75, 3.05) is 13.2 Å². The fourth-order valence-electron chi connectivity index (χ4n) is 3.39. The molecule has 0 atom stereocenters. The first-order chi connectivity index (χ1) is 14.9. The molecule has 1 aromatic heterocycles. The lowest BCUT2D eigenvalue weighted by Crippen LogP contribution is -2.37. The average molecular weight is 454 g/mol. The Morgan fingerprint density at radius 3 is 2.31 bits per heavy atom. The Labute approximate surface area is 186 Å². The van der Waals surface area contributed by atoms with Crippen molar-refractivity contribution in [2.45, 2.75) is 60.3 Å². The minimum atomic E-state index is -4.44. The second-order valence-corrected chi connectivity index (χ2v) is 8.15. The zero-order chi connectivity index (χ0) is 24.1. The zero-order valence-corrected chi connectivity index (χ0v) is 19.1. The molecule has 0 bridgehead atoms. The summed E-state index contributed by atoms with van der Waals surface area (Å²) in [6, 6.07) is 4.55. The minimum Gasteiger partial charge on any atom is -0.465 e. The summed E-state index contributed by atoms with van der Waals surface area (Å²) in [7, 11) is 0. The lowest BCUT2D eigenvalue weighted by Gasteiger charge is -2.22. The quantitative estimate of drug-likeness (QED) is 0.531. The van der Waals surface area contributed by atoms with Crippen molar-refractivity contribution in [2.24, 2.45) is 5.92 Å². The molecular weight excluding hydrogens is 423 g/mol. The Balaban J connectivity index is 2.24. The van der Waals surface area contributed by atoms with E-state index in [1.807, 2.05) is 18.5 Å². The first-order valence-electron chi connectivity index (χ1n) is 10.5. The molecule has 0 saturated carbocycles. The van der Waals surface area contributed by atoms with Crippen LogP contribution < -0.4 is 0 Å². The Morgan fingerprint density at radius 2 is 1.78 bits per heavy atom. The van der Waals surface area contributed by atoms with E-state index in [-0.39, 0.29) is 32.0 Å². The molecule has 32 heavy (non-hydrogen) atoms. The molecule has 1 heterocycles. The molecule has 2 aromatic rings. The van der Waals surface area contributed by atoms with Crippen molar-refractivity contribution in [1.82, 2.24) is 14.7 Å². The van der Waals surface area contributed by atoms with E-state index in [4.69, 9.17) is 4.74 Å². The van der Waals surface area contributed by atoms with Crippen LogP contribution in [0.5, 0.6) is 0 Å². The number of halogens is 3. The highest BCUT2D eigenvalue weighted by Crippen LogP contribution is 2.29. The highest BCUT2D eigenvalue weighted by atomic mass is 19.4. The number of nitrogens with zero attached hydrogens (tertiary/aromatic N) is 3. The van der Waals surface area contributed by atoms with Crippen LogP contribution in [0, 0.1) is 19.8 Å². The SMILES string of the molecule is CCOC(=O)CN(Cc1ccc(C(F)(F)F)cc1)C(=O)Cc1c(C)nn(CC(C)C)c1C. The lowest BCUT2D eigenvalue weighted by atomic mass is 10.1. The molecule has 0 spiro atoms. The largest absolute Gasteiger partial charge is 0.465 e. The summed E-state index contributed by atoms with van der Waals surface area (Å²) in [6.45, 7) is 10.1. The van der Waals surface area contributed by atoms with E-state index in [1.165, 1.54) is 17.0 Å². The normalized spacial score (nSPS) is 11.7. The number of hydrogen-bond acceptors (Lipinski definition) is 4. The van der Waals surface area contributed by atoms with Crippen molar-refractivity contribution in [3.8, 4) is 0 Å². The molecule has 0 aliphatic carbocycles. The summed E-state index contributed by atoms with van der Waals surface area (Å²) in [6.07, 6.45) is -4.40. The van der Waals surface area contributed by atoms with Gasteiger partial charge in [-0.15, -0.1) is 0 Å². The van der Waals surface area contributed by atoms with Crippen molar-refractivity contribution in [3.05, 3.63) is 52.3 Å². The Hall–Kier alpha value is -2.84. The van der Waals surface area contributed by atoms with Crippen molar-refractivity contribution in [3.63, 3.8) is 0 Å². The monoisotopic (exact) mass is 453 g/mol. The number of ether oxygens (including phenoxy) is 1. The van der Waals surface area contributed by atoms with Crippen LogP contribution in [0.3, 0.4) is 0 Å². The smallest absolute Gasteiger partial charge is 0.416 e. The molecule has 0 aliphatic rings. The average Bonchev–Trinajstić information content (AvgIpc) is 2.94. The van der Waals surface area contributed by atoms with Crippen LogP contribution in [0.25, 0.3) is 0 Å². The number of amides is 1. The highest BCUT2D eigenvalue weighted by Gasteiger charge is 2.30. The van der Waals surface area contributed by atoms with Crippen LogP contribution in [0.15, 0.2) is 24.3 Å². The third-order valence-electron chi connectivity index (χ3n) is 5.03. The minimum absolute atomic E-state index is 0.00594. The molecule has 0 radical (unpaired) electrons. The van der Waals surface area contributed by atoms with Gasteiger partial charge in [0.2, 0.25) is 5.91 Å². The fraction of sp³-hybridized carbons (Fsp3) is 0.522. The Kier molecular flexibility index (Phi) is 8.46. The van der Waals surface area contributed by atoms with Gasteiger partial charge in [-0.25, -0.2) is 0 Å². The van der Waals surface area contributed by atoms with E-state index in [0.717, 1.165) is 35.6 Å². The number of benzene rings is 1. The molecule has 1 amide bonds. The molecule has 0 aliphatic heterocycles. The molecule has 6 nitrogen and oxygen atoms in total. The van der Waals surface area contributed by atoms with Gasteiger partial charge in [-0.2, -0.15) is 18.3 Å². The topological polar surface area (TPSA) is 64.4 Å². The van der Waals surface area contributed by atoms with E-state index in [9.17, 15) is 22.8 Å². The van der Waals surface area contributed by atoms with Gasteiger partial charge in [0.15, 0.2) is 0 Å². The standard InChI is InChI=1S/C23H30F3N3O3/c1-6-32-22(31)14-28(13-18-7-9-19(10-8-18)23(24,25)26)21(30)11-20-16(4)27-29(17(20)5)12-15(2)3/h7-10,15H,6,11-14H2,1-5H3. The number of aromatic nitrogens is 2. The Bertz CT molecular complexity index is 934. The number of hydrogen-bond donors (Lipinski definition) is 0. The van der Waals surface area contributed by atoms with Crippen LogP contribution in [0.1, 0.15) is 48.8 Å². The van der Waals surface area contributed by atoms with E-state index in [0.29, 0.717) is 11.5 Å². The third-order valence-corrected chi connectivity index (χ3v) is 5.03. The van der Waals surface area contributed by atoms with Crippen molar-refractivity contribution >= 4 is 11.9 Å². The Morgan fingerprint density at radius 1 is 1.16 bits per heavy atom. The molecular formula is C23H30F3N3O3. The van der Waals surface area contributed by atoms with Gasteiger partial charge in [0.05, 0.1) is 24.3 Å². The van der Waals surface area contributed by atoms with Crippen LogP contribution in [-0.2, 0) is 40.0 Å². The predicted octanol–water partition coefficient (Wildman–Crippen LogP) is 4.31. The molecule has 0 unspecified atom stereocenters. The van der Waals surface area contributed by atoms with Gasteiger partial charge in [-0.1, -0.05) is 26.0 Å². The van der Waals surface area contributed by atoms with Gasteiger partial charge in [-0.3, -0.25) is 14.3 Å². The summed E-state index contributed by atoms with van der Waals surface area (Å²) in [5.41, 5.74) is 2.13. The number of carbonyl (C=O) groups is 2. The maximum Gasteiger partial charge on any atom is 0.416 e. The predicted molar refractivity (Wildman–Crippen MR) is 114 cm³/mol. The van der Waals surface area contributed by atoms with Gasteiger partial charge in [0.1, 0.15) is 6.54 Å². The molecule has 9 heteroatoms. The number of rotatable bonds is 9. The second kappa shape index (κ2) is 10.7. The number of alkyl halides is 3. The molecule has 0 saturated heterocycles. The van der Waals surface area contributed by atoms with Gasteiger partial charge in [0, 0.05) is 24.3 Å². The van der Waals surface area contributed by atoms with E-state index < -0.39 is 17.7 Å². The van der Waals surface area contributed by atoms with Gasteiger partial charge in [-0.05, 0) is 44.4 Å². The molecule has 176 valence electrons. The number of esters is 1. The third kappa shape index (κ3) is 6.83. The molecule has 0 fully saturated rings. The van der Waals surface area contributed by atoms with Crippen LogP contribution in [0.4, 0.5) is 13.2 Å². The summed E-state index contributed by atoms with van der Waals surface area (Å²) < 4.78 is 45.3. The van der Waals surface area contributed by atoms with Crippen LogP contribution >= 0.6 is 0 Å². The zero-order valence-electron chi connectivity index (χ0n) is 19.1. The van der Waals surface area contributed by atoms with E-state index >= 15 is 0 Å². The summed E-state index contributed by atoms with van der Waals surface area (Å²) >= 11 is 0. The van der Waals surface area contributed by atoms with E-state index in [1.54, 1.807) is 6.92 Å².